The number of carbonyl (C=O) groups is 1. The summed E-state index contributed by atoms with van der Waals surface area (Å²) in [5, 5.41) is 5.83. The van der Waals surface area contributed by atoms with Gasteiger partial charge in [-0.25, -0.2) is 0 Å². The van der Waals surface area contributed by atoms with Gasteiger partial charge in [-0.05, 0) is 57.0 Å². The van der Waals surface area contributed by atoms with Gasteiger partial charge in [0.15, 0.2) is 0 Å². The maximum absolute atomic E-state index is 11.6. The number of hydrogen-bond donors (Lipinski definition) is 2. The van der Waals surface area contributed by atoms with Crippen LogP contribution in [0.5, 0.6) is 5.75 Å². The van der Waals surface area contributed by atoms with Crippen LogP contribution in [0, 0.1) is 0 Å². The maximum atomic E-state index is 11.6. The summed E-state index contributed by atoms with van der Waals surface area (Å²) in [4.78, 5) is 11.6. The Morgan fingerprint density at radius 2 is 1.90 bits per heavy atom. The van der Waals surface area contributed by atoms with Gasteiger partial charge < -0.3 is 15.4 Å². The molecule has 0 bridgehead atoms. The van der Waals surface area contributed by atoms with Crippen molar-refractivity contribution >= 4 is 11.6 Å². The van der Waals surface area contributed by atoms with Crippen LogP contribution in [0.25, 0.3) is 0 Å². The third-order valence-corrected chi connectivity index (χ3v) is 3.60. The minimum absolute atomic E-state index is 0.0281. The predicted octanol–water partition coefficient (Wildman–Crippen LogP) is 2.95. The van der Waals surface area contributed by atoms with Crippen molar-refractivity contribution in [2.45, 2.75) is 44.6 Å². The zero-order valence-corrected chi connectivity index (χ0v) is 12.2. The third-order valence-electron chi connectivity index (χ3n) is 3.60. The van der Waals surface area contributed by atoms with Crippen LogP contribution in [-0.2, 0) is 4.79 Å². The summed E-state index contributed by atoms with van der Waals surface area (Å²) < 4.78 is 5.96. The van der Waals surface area contributed by atoms with Crippen molar-refractivity contribution < 1.29 is 9.53 Å². The summed E-state index contributed by atoms with van der Waals surface area (Å²) >= 11 is 0. The first kappa shape index (κ1) is 14.9. The Kier molecular flexibility index (Phi) is 5.87. The summed E-state index contributed by atoms with van der Waals surface area (Å²) in [6.07, 6.45) is 7.02. The van der Waals surface area contributed by atoms with Crippen molar-refractivity contribution in [3.05, 3.63) is 24.3 Å². The average Bonchev–Trinajstić information content (AvgIpc) is 2.48. The van der Waals surface area contributed by atoms with Gasteiger partial charge in [-0.2, -0.15) is 0 Å². The molecule has 4 nitrogen and oxygen atoms in total. The summed E-state index contributed by atoms with van der Waals surface area (Å²) in [5.74, 6) is 0.922. The molecule has 0 saturated heterocycles. The Balaban J connectivity index is 1.81. The molecule has 1 aliphatic rings. The predicted molar refractivity (Wildman–Crippen MR) is 81.1 cm³/mol. The van der Waals surface area contributed by atoms with Gasteiger partial charge in [-0.1, -0.05) is 6.42 Å². The second-order valence-electron chi connectivity index (χ2n) is 5.30. The first-order valence-corrected chi connectivity index (χ1v) is 7.49. The Bertz CT molecular complexity index is 411. The summed E-state index contributed by atoms with van der Waals surface area (Å²) in [5.41, 5.74) is 0.821. The molecule has 0 atom stereocenters. The minimum Gasteiger partial charge on any atom is -0.490 e. The lowest BCUT2D eigenvalue weighted by Gasteiger charge is -2.23. The number of amides is 1. The van der Waals surface area contributed by atoms with E-state index in [1.807, 2.05) is 31.3 Å². The first-order valence-electron chi connectivity index (χ1n) is 7.49. The molecule has 1 amide bonds. The van der Waals surface area contributed by atoms with Gasteiger partial charge in [0.2, 0.25) is 5.91 Å². The van der Waals surface area contributed by atoms with Gasteiger partial charge in [-0.3, -0.25) is 4.79 Å². The van der Waals surface area contributed by atoms with E-state index >= 15 is 0 Å². The van der Waals surface area contributed by atoms with E-state index < -0.39 is 0 Å². The normalized spacial score (nSPS) is 15.8. The Morgan fingerprint density at radius 3 is 2.55 bits per heavy atom. The van der Waals surface area contributed by atoms with Crippen molar-refractivity contribution in [2.24, 2.45) is 0 Å². The van der Waals surface area contributed by atoms with Crippen molar-refractivity contribution in [3.63, 3.8) is 0 Å². The molecule has 4 heteroatoms. The summed E-state index contributed by atoms with van der Waals surface area (Å²) in [6.45, 7) is 0.689. The van der Waals surface area contributed by atoms with Crippen LogP contribution >= 0.6 is 0 Å². The fourth-order valence-corrected chi connectivity index (χ4v) is 2.45. The lowest BCUT2D eigenvalue weighted by molar-refractivity contribution is -0.116. The number of ether oxygens (including phenoxy) is 1. The van der Waals surface area contributed by atoms with Crippen LogP contribution < -0.4 is 15.4 Å². The molecular formula is C16H24N2O2. The van der Waals surface area contributed by atoms with E-state index in [1.54, 1.807) is 0 Å². The van der Waals surface area contributed by atoms with E-state index in [2.05, 4.69) is 10.6 Å². The van der Waals surface area contributed by atoms with Gasteiger partial charge in [-0.15, -0.1) is 0 Å². The summed E-state index contributed by atoms with van der Waals surface area (Å²) in [7, 11) is 1.84. The molecule has 110 valence electrons. The Morgan fingerprint density at radius 1 is 1.20 bits per heavy atom. The molecule has 0 unspecified atom stereocenters. The molecule has 0 spiro atoms. The number of anilines is 1. The highest BCUT2D eigenvalue weighted by Gasteiger charge is 2.14. The molecule has 1 fully saturated rings. The van der Waals surface area contributed by atoms with E-state index in [4.69, 9.17) is 4.74 Å². The number of nitrogens with one attached hydrogen (secondary N) is 2. The lowest BCUT2D eigenvalue weighted by Crippen LogP contribution is -2.20. The molecule has 1 aromatic carbocycles. The molecule has 20 heavy (non-hydrogen) atoms. The number of carbonyl (C=O) groups excluding carboxylic acids is 1. The van der Waals surface area contributed by atoms with E-state index in [0.29, 0.717) is 19.1 Å². The van der Waals surface area contributed by atoms with E-state index in [9.17, 15) is 4.79 Å². The minimum atomic E-state index is 0.0281. The summed E-state index contributed by atoms with van der Waals surface area (Å²) in [6, 6.07) is 7.66. The molecule has 1 aliphatic carbocycles. The highest BCUT2D eigenvalue weighted by atomic mass is 16.5. The Hall–Kier alpha value is -1.55. The molecule has 0 aliphatic heterocycles. The van der Waals surface area contributed by atoms with Crippen LogP contribution in [0.2, 0.25) is 0 Å². The highest BCUT2D eigenvalue weighted by Crippen LogP contribution is 2.24. The van der Waals surface area contributed by atoms with Crippen LogP contribution in [0.4, 0.5) is 5.69 Å². The second-order valence-corrected chi connectivity index (χ2v) is 5.30. The zero-order chi connectivity index (χ0) is 14.2. The van der Waals surface area contributed by atoms with Crippen LogP contribution in [0.1, 0.15) is 38.5 Å². The highest BCUT2D eigenvalue weighted by molar-refractivity contribution is 5.90. The standard InChI is InChI=1S/C16H24N2O2/c1-17-12-11-16(19)18-13-7-9-15(10-8-13)20-14-5-3-2-4-6-14/h7-10,14,17H,2-6,11-12H2,1H3,(H,18,19). The SMILES string of the molecule is CNCCC(=O)Nc1ccc(OC2CCCCC2)cc1. The van der Waals surface area contributed by atoms with Crippen molar-refractivity contribution in [1.82, 2.24) is 5.32 Å². The van der Waals surface area contributed by atoms with Gasteiger partial charge in [0.1, 0.15) is 5.75 Å². The van der Waals surface area contributed by atoms with Gasteiger partial charge in [0.25, 0.3) is 0 Å². The molecular weight excluding hydrogens is 252 g/mol. The van der Waals surface area contributed by atoms with Crippen molar-refractivity contribution in [2.75, 3.05) is 18.9 Å². The van der Waals surface area contributed by atoms with E-state index in [1.165, 1.54) is 19.3 Å². The smallest absolute Gasteiger partial charge is 0.225 e. The average molecular weight is 276 g/mol. The molecule has 2 rings (SSSR count). The monoisotopic (exact) mass is 276 g/mol. The largest absolute Gasteiger partial charge is 0.490 e. The van der Waals surface area contributed by atoms with Crippen molar-refractivity contribution in [1.29, 1.82) is 0 Å². The van der Waals surface area contributed by atoms with Gasteiger partial charge in [0, 0.05) is 18.7 Å². The van der Waals surface area contributed by atoms with Crippen LogP contribution in [0.15, 0.2) is 24.3 Å². The number of rotatable bonds is 6. The third kappa shape index (κ3) is 4.85. The Labute approximate surface area is 120 Å². The number of hydrogen-bond acceptors (Lipinski definition) is 3. The van der Waals surface area contributed by atoms with Crippen LogP contribution in [0.3, 0.4) is 0 Å². The molecule has 1 aromatic rings. The zero-order valence-electron chi connectivity index (χ0n) is 12.2. The van der Waals surface area contributed by atoms with E-state index in [-0.39, 0.29) is 5.91 Å². The topological polar surface area (TPSA) is 50.4 Å². The molecule has 0 aromatic heterocycles. The van der Waals surface area contributed by atoms with E-state index in [0.717, 1.165) is 24.3 Å². The second kappa shape index (κ2) is 7.90. The molecule has 0 heterocycles. The van der Waals surface area contributed by atoms with Crippen molar-refractivity contribution in [3.8, 4) is 5.75 Å². The lowest BCUT2D eigenvalue weighted by atomic mass is 9.98. The number of benzene rings is 1. The fourth-order valence-electron chi connectivity index (χ4n) is 2.45. The molecule has 1 saturated carbocycles. The quantitative estimate of drug-likeness (QED) is 0.840. The van der Waals surface area contributed by atoms with Gasteiger partial charge in [0.05, 0.1) is 6.10 Å². The first-order chi connectivity index (χ1) is 9.78. The van der Waals surface area contributed by atoms with Gasteiger partial charge >= 0.3 is 0 Å². The van der Waals surface area contributed by atoms with Crippen LogP contribution in [-0.4, -0.2) is 25.6 Å². The molecule has 2 N–H and O–H groups in total. The molecule has 0 radical (unpaired) electrons. The fraction of sp³-hybridized carbons (Fsp3) is 0.562. The maximum Gasteiger partial charge on any atom is 0.225 e.